The molecule has 0 rings (SSSR count). The Labute approximate surface area is 71.7 Å². The van der Waals surface area contributed by atoms with Gasteiger partial charge in [0.15, 0.2) is 0 Å². The van der Waals surface area contributed by atoms with Crippen molar-refractivity contribution in [3.05, 3.63) is 12.7 Å². The quantitative estimate of drug-likeness (QED) is 0.276. The molecule has 5 nitrogen and oxygen atoms in total. The number of hydrogen-bond acceptors (Lipinski definition) is 5. The van der Waals surface area contributed by atoms with E-state index in [1.165, 1.54) is 13.0 Å². The van der Waals surface area contributed by atoms with E-state index in [-0.39, 0.29) is 6.61 Å². The molecular formula is C6H12O5S. The molecule has 1 atom stereocenters. The Bertz CT molecular complexity index is 218. The summed E-state index contributed by atoms with van der Waals surface area (Å²) in [6, 6.07) is 0. The summed E-state index contributed by atoms with van der Waals surface area (Å²) in [6.45, 7) is 4.62. The van der Waals surface area contributed by atoms with Crippen molar-refractivity contribution >= 4 is 10.1 Å². The minimum atomic E-state index is -3.77. The van der Waals surface area contributed by atoms with Gasteiger partial charge in [-0.3, -0.25) is 0 Å². The van der Waals surface area contributed by atoms with Crippen molar-refractivity contribution in [3.63, 3.8) is 0 Å². The largest absolute Gasteiger partial charge is 0.392 e. The Hall–Kier alpha value is -0.430. The number of hydrogen-bond donors (Lipinski definition) is 1. The van der Waals surface area contributed by atoms with E-state index in [4.69, 9.17) is 5.11 Å². The molecule has 0 aromatic rings. The highest BCUT2D eigenvalue weighted by Gasteiger charge is 2.15. The first-order valence-electron chi connectivity index (χ1n) is 3.30. The summed E-state index contributed by atoms with van der Waals surface area (Å²) in [6.07, 6.45) is 0.375. The highest BCUT2D eigenvalue weighted by Crippen LogP contribution is 1.97. The third-order valence-corrected chi connectivity index (χ3v) is 1.98. The van der Waals surface area contributed by atoms with Crippen LogP contribution in [-0.2, 0) is 19.3 Å². The first kappa shape index (κ1) is 11.6. The van der Waals surface area contributed by atoms with Gasteiger partial charge >= 0.3 is 0 Å². The summed E-state index contributed by atoms with van der Waals surface area (Å²) in [4.78, 5) is 4.23. The molecule has 0 amide bonds. The van der Waals surface area contributed by atoms with Crippen molar-refractivity contribution in [2.45, 2.75) is 13.0 Å². The van der Waals surface area contributed by atoms with Gasteiger partial charge in [0, 0.05) is 0 Å². The SMILES string of the molecule is C=CCOOS(=O)(=O)CC(C)O. The molecule has 0 heterocycles. The molecule has 0 bridgehead atoms. The molecule has 0 aromatic heterocycles. The predicted molar refractivity (Wildman–Crippen MR) is 42.7 cm³/mol. The van der Waals surface area contributed by atoms with E-state index < -0.39 is 22.0 Å². The van der Waals surface area contributed by atoms with Gasteiger partial charge in [-0.15, -0.1) is 10.9 Å². The van der Waals surface area contributed by atoms with Gasteiger partial charge in [-0.05, 0) is 6.92 Å². The lowest BCUT2D eigenvalue weighted by molar-refractivity contribution is -0.190. The molecule has 0 aliphatic rings. The van der Waals surface area contributed by atoms with Gasteiger partial charge < -0.3 is 5.11 Å². The van der Waals surface area contributed by atoms with E-state index in [1.54, 1.807) is 0 Å². The van der Waals surface area contributed by atoms with Gasteiger partial charge in [-0.2, -0.15) is 8.42 Å². The van der Waals surface area contributed by atoms with Crippen LogP contribution in [0.1, 0.15) is 6.92 Å². The molecule has 0 saturated carbocycles. The van der Waals surface area contributed by atoms with Gasteiger partial charge in [0.05, 0.1) is 6.10 Å². The van der Waals surface area contributed by atoms with Crippen molar-refractivity contribution in [1.82, 2.24) is 0 Å². The van der Waals surface area contributed by atoms with E-state index in [2.05, 4.69) is 15.8 Å². The highest BCUT2D eigenvalue weighted by molar-refractivity contribution is 7.86. The molecule has 0 aliphatic carbocycles. The van der Waals surface area contributed by atoms with Crippen LogP contribution in [0.4, 0.5) is 0 Å². The molecular weight excluding hydrogens is 184 g/mol. The zero-order valence-corrected chi connectivity index (χ0v) is 7.58. The second-order valence-electron chi connectivity index (χ2n) is 2.21. The zero-order valence-electron chi connectivity index (χ0n) is 6.76. The Morgan fingerprint density at radius 3 is 2.67 bits per heavy atom. The molecule has 0 saturated heterocycles. The zero-order chi connectivity index (χ0) is 9.61. The third-order valence-electron chi connectivity index (χ3n) is 0.783. The maximum Gasteiger partial charge on any atom is 0.296 e. The molecule has 12 heavy (non-hydrogen) atoms. The molecule has 0 aliphatic heterocycles. The molecule has 0 spiro atoms. The second kappa shape index (κ2) is 5.26. The Balaban J connectivity index is 3.80. The maximum absolute atomic E-state index is 10.8. The van der Waals surface area contributed by atoms with Crippen LogP contribution < -0.4 is 0 Å². The van der Waals surface area contributed by atoms with Gasteiger partial charge in [-0.1, -0.05) is 6.08 Å². The van der Waals surface area contributed by atoms with Crippen molar-refractivity contribution in [2.75, 3.05) is 12.4 Å². The Kier molecular flexibility index (Phi) is 5.07. The van der Waals surface area contributed by atoms with Crippen molar-refractivity contribution < 1.29 is 22.7 Å². The molecule has 1 N–H and O–H groups in total. The van der Waals surface area contributed by atoms with Crippen LogP contribution in [0.5, 0.6) is 0 Å². The first-order valence-corrected chi connectivity index (χ1v) is 4.88. The molecule has 1 unspecified atom stereocenters. The lowest BCUT2D eigenvalue weighted by atomic mass is 10.5. The summed E-state index contributed by atoms with van der Waals surface area (Å²) in [5, 5.41) is 8.71. The molecule has 0 radical (unpaired) electrons. The molecule has 6 heteroatoms. The summed E-state index contributed by atoms with van der Waals surface area (Å²) >= 11 is 0. The molecule has 0 fully saturated rings. The van der Waals surface area contributed by atoms with Crippen LogP contribution in [0, 0.1) is 0 Å². The first-order chi connectivity index (χ1) is 5.48. The lowest BCUT2D eigenvalue weighted by Crippen LogP contribution is -2.20. The fourth-order valence-corrected chi connectivity index (χ4v) is 1.32. The molecule has 0 aromatic carbocycles. The fourth-order valence-electron chi connectivity index (χ4n) is 0.472. The van der Waals surface area contributed by atoms with Crippen LogP contribution in [0.25, 0.3) is 0 Å². The summed E-state index contributed by atoms with van der Waals surface area (Å²) in [7, 11) is -3.77. The topological polar surface area (TPSA) is 72.8 Å². The Morgan fingerprint density at radius 1 is 1.67 bits per heavy atom. The second-order valence-corrected chi connectivity index (χ2v) is 3.80. The average molecular weight is 196 g/mol. The monoisotopic (exact) mass is 196 g/mol. The number of aliphatic hydroxyl groups excluding tert-OH is 1. The highest BCUT2D eigenvalue weighted by atomic mass is 32.2. The van der Waals surface area contributed by atoms with Crippen LogP contribution in [0.3, 0.4) is 0 Å². The fraction of sp³-hybridized carbons (Fsp3) is 0.667. The van der Waals surface area contributed by atoms with Crippen LogP contribution in [-0.4, -0.2) is 32.0 Å². The van der Waals surface area contributed by atoms with Gasteiger partial charge in [0.2, 0.25) is 0 Å². The van der Waals surface area contributed by atoms with Crippen LogP contribution in [0.2, 0.25) is 0 Å². The van der Waals surface area contributed by atoms with Crippen molar-refractivity contribution in [3.8, 4) is 0 Å². The number of aliphatic hydroxyl groups is 1. The van der Waals surface area contributed by atoms with E-state index in [1.807, 2.05) is 0 Å². The van der Waals surface area contributed by atoms with E-state index in [9.17, 15) is 8.42 Å². The van der Waals surface area contributed by atoms with E-state index in [0.717, 1.165) is 0 Å². The van der Waals surface area contributed by atoms with Crippen LogP contribution in [0.15, 0.2) is 12.7 Å². The maximum atomic E-state index is 10.8. The minimum Gasteiger partial charge on any atom is -0.392 e. The average Bonchev–Trinajstić information content (AvgIpc) is 1.84. The Morgan fingerprint density at radius 2 is 2.25 bits per heavy atom. The summed E-state index contributed by atoms with van der Waals surface area (Å²) < 4.78 is 25.6. The lowest BCUT2D eigenvalue weighted by Gasteiger charge is -2.04. The van der Waals surface area contributed by atoms with Crippen molar-refractivity contribution in [2.24, 2.45) is 0 Å². The van der Waals surface area contributed by atoms with E-state index >= 15 is 0 Å². The van der Waals surface area contributed by atoms with Gasteiger partial charge in [-0.25, -0.2) is 4.89 Å². The van der Waals surface area contributed by atoms with E-state index in [0.29, 0.717) is 0 Å². The van der Waals surface area contributed by atoms with Gasteiger partial charge in [0.25, 0.3) is 10.1 Å². The third kappa shape index (κ3) is 6.29. The number of rotatable bonds is 6. The summed E-state index contributed by atoms with van der Waals surface area (Å²) in [5.41, 5.74) is 0. The van der Waals surface area contributed by atoms with Crippen LogP contribution >= 0.6 is 0 Å². The standard InChI is InChI=1S/C6H12O5S/c1-3-4-10-11-12(8,9)5-6(2)7/h3,6-7H,1,4-5H2,2H3. The molecule has 72 valence electrons. The summed E-state index contributed by atoms with van der Waals surface area (Å²) in [5.74, 6) is -0.482. The van der Waals surface area contributed by atoms with Crippen molar-refractivity contribution in [1.29, 1.82) is 0 Å². The predicted octanol–water partition coefficient (Wildman–Crippen LogP) is -0.169. The minimum absolute atomic E-state index is 0.0148. The normalized spacial score (nSPS) is 14.2. The van der Waals surface area contributed by atoms with Gasteiger partial charge in [0.1, 0.15) is 12.4 Å². The smallest absolute Gasteiger partial charge is 0.296 e.